The third kappa shape index (κ3) is 3.57. The van der Waals surface area contributed by atoms with E-state index in [4.69, 9.17) is 23.2 Å². The lowest BCUT2D eigenvalue weighted by Crippen LogP contribution is -2.23. The number of hydrogen-bond acceptors (Lipinski definition) is 5. The van der Waals surface area contributed by atoms with Crippen molar-refractivity contribution in [1.29, 1.82) is 0 Å². The number of aryl methyl sites for hydroxylation is 1. The maximum atomic E-state index is 11.1. The quantitative estimate of drug-likeness (QED) is 0.639. The topological polar surface area (TPSA) is 66.2 Å². The third-order valence-electron chi connectivity index (χ3n) is 4.10. The Balaban J connectivity index is 2.01. The lowest BCUT2D eigenvalue weighted by molar-refractivity contribution is 0.102. The Morgan fingerprint density at radius 3 is 2.68 bits per heavy atom. The van der Waals surface area contributed by atoms with Gasteiger partial charge in [0.2, 0.25) is 0 Å². The van der Waals surface area contributed by atoms with Gasteiger partial charge in [-0.3, -0.25) is 0 Å². The van der Waals surface area contributed by atoms with Gasteiger partial charge in [0.1, 0.15) is 23.2 Å². The second-order valence-corrected chi connectivity index (χ2v) is 7.95. The zero-order valence-electron chi connectivity index (χ0n) is 13.6. The molecule has 25 heavy (non-hydrogen) atoms. The van der Waals surface area contributed by atoms with Crippen molar-refractivity contribution in [3.8, 4) is 0 Å². The van der Waals surface area contributed by atoms with Crippen molar-refractivity contribution < 1.29 is 10.2 Å². The standard InChI is InChI=1S/C18H16Cl2N2O2S/c1-10-14(18(2,24)11-4-3-5-12(19)6-11)7-15(25-10)16(23)13-8-21-9-22-17(13)20/h3-9,16,23-24H,1-2H3/t16-,18+/m0/s1. The molecule has 0 aliphatic heterocycles. The lowest BCUT2D eigenvalue weighted by Gasteiger charge is -2.24. The largest absolute Gasteiger partial charge is 0.383 e. The van der Waals surface area contributed by atoms with Crippen molar-refractivity contribution >= 4 is 34.5 Å². The first-order chi connectivity index (χ1) is 11.8. The smallest absolute Gasteiger partial charge is 0.138 e. The molecule has 0 fully saturated rings. The van der Waals surface area contributed by atoms with Crippen molar-refractivity contribution in [3.05, 3.63) is 79.5 Å². The Bertz CT molecular complexity index is 912. The minimum Gasteiger partial charge on any atom is -0.383 e. The van der Waals surface area contributed by atoms with Gasteiger partial charge in [-0.15, -0.1) is 11.3 Å². The molecule has 130 valence electrons. The highest BCUT2D eigenvalue weighted by Crippen LogP contribution is 2.40. The fourth-order valence-corrected chi connectivity index (χ4v) is 4.25. The van der Waals surface area contributed by atoms with Gasteiger partial charge in [-0.05, 0) is 37.6 Å². The van der Waals surface area contributed by atoms with Crippen LogP contribution in [0, 0.1) is 6.92 Å². The van der Waals surface area contributed by atoms with Crippen molar-refractivity contribution in [2.24, 2.45) is 0 Å². The molecule has 0 spiro atoms. The number of halogens is 2. The summed E-state index contributed by atoms with van der Waals surface area (Å²) in [7, 11) is 0. The van der Waals surface area contributed by atoms with E-state index in [-0.39, 0.29) is 5.15 Å². The van der Waals surface area contributed by atoms with E-state index in [1.165, 1.54) is 23.9 Å². The van der Waals surface area contributed by atoms with Crippen molar-refractivity contribution in [1.82, 2.24) is 9.97 Å². The maximum absolute atomic E-state index is 11.1. The molecule has 0 saturated heterocycles. The first-order valence-electron chi connectivity index (χ1n) is 7.53. The van der Waals surface area contributed by atoms with Gasteiger partial charge in [0, 0.05) is 32.1 Å². The first-order valence-corrected chi connectivity index (χ1v) is 9.10. The van der Waals surface area contributed by atoms with Crippen LogP contribution in [0.3, 0.4) is 0 Å². The molecule has 0 saturated carbocycles. The molecule has 3 aromatic rings. The second-order valence-electron chi connectivity index (χ2n) is 5.87. The van der Waals surface area contributed by atoms with Crippen molar-refractivity contribution in [2.45, 2.75) is 25.6 Å². The minimum atomic E-state index is -1.24. The average molecular weight is 395 g/mol. The lowest BCUT2D eigenvalue weighted by atomic mass is 9.88. The van der Waals surface area contributed by atoms with Gasteiger partial charge in [0.25, 0.3) is 0 Å². The van der Waals surface area contributed by atoms with E-state index in [1.807, 2.05) is 13.0 Å². The molecule has 2 N–H and O–H groups in total. The Morgan fingerprint density at radius 1 is 1.24 bits per heavy atom. The summed E-state index contributed by atoms with van der Waals surface area (Å²) in [6.45, 7) is 3.61. The zero-order chi connectivity index (χ0) is 18.2. The van der Waals surface area contributed by atoms with E-state index in [0.29, 0.717) is 26.6 Å². The van der Waals surface area contributed by atoms with E-state index < -0.39 is 11.7 Å². The Kier molecular flexibility index (Phi) is 5.14. The minimum absolute atomic E-state index is 0.205. The van der Waals surface area contributed by atoms with Gasteiger partial charge in [-0.1, -0.05) is 35.3 Å². The molecule has 0 bridgehead atoms. The van der Waals surface area contributed by atoms with Crippen LogP contribution in [0.4, 0.5) is 0 Å². The molecule has 2 aromatic heterocycles. The molecule has 0 radical (unpaired) electrons. The van der Waals surface area contributed by atoms with E-state index in [1.54, 1.807) is 31.2 Å². The van der Waals surface area contributed by atoms with Gasteiger partial charge >= 0.3 is 0 Å². The Labute approximate surface area is 159 Å². The van der Waals surface area contributed by atoms with Crippen LogP contribution in [0.1, 0.15) is 39.5 Å². The predicted octanol–water partition coefficient (Wildman–Crippen LogP) is 4.49. The number of rotatable bonds is 4. The highest BCUT2D eigenvalue weighted by molar-refractivity contribution is 7.12. The van der Waals surface area contributed by atoms with Crippen molar-refractivity contribution in [2.75, 3.05) is 0 Å². The molecular formula is C18H16Cl2N2O2S. The van der Waals surface area contributed by atoms with Crippen LogP contribution in [-0.4, -0.2) is 20.2 Å². The zero-order valence-corrected chi connectivity index (χ0v) is 15.9. The molecule has 0 unspecified atom stereocenters. The number of aromatic nitrogens is 2. The number of aliphatic hydroxyl groups excluding tert-OH is 1. The number of aliphatic hydroxyl groups is 2. The maximum Gasteiger partial charge on any atom is 0.138 e. The van der Waals surface area contributed by atoms with Gasteiger partial charge in [-0.2, -0.15) is 0 Å². The number of benzene rings is 1. The molecule has 7 heteroatoms. The third-order valence-corrected chi connectivity index (χ3v) is 5.76. The molecule has 4 nitrogen and oxygen atoms in total. The molecule has 0 amide bonds. The molecule has 2 atom stereocenters. The fourth-order valence-electron chi connectivity index (χ4n) is 2.73. The summed E-state index contributed by atoms with van der Waals surface area (Å²) < 4.78 is 0. The van der Waals surface area contributed by atoms with Crippen LogP contribution in [0.15, 0.2) is 42.9 Å². The van der Waals surface area contributed by atoms with E-state index in [9.17, 15) is 10.2 Å². The summed E-state index contributed by atoms with van der Waals surface area (Å²) in [6.07, 6.45) is 1.86. The Hall–Kier alpha value is -1.50. The van der Waals surface area contributed by atoms with Gasteiger partial charge in [0.05, 0.1) is 0 Å². The van der Waals surface area contributed by atoms with Crippen LogP contribution >= 0.6 is 34.5 Å². The summed E-state index contributed by atoms with van der Waals surface area (Å²) in [4.78, 5) is 9.36. The average Bonchev–Trinajstić information content (AvgIpc) is 2.97. The molecule has 0 aliphatic carbocycles. The normalized spacial score (nSPS) is 15.0. The molecule has 3 rings (SSSR count). The van der Waals surface area contributed by atoms with Crippen molar-refractivity contribution in [3.63, 3.8) is 0 Å². The summed E-state index contributed by atoms with van der Waals surface area (Å²) in [6, 6.07) is 8.89. The highest BCUT2D eigenvalue weighted by Gasteiger charge is 2.31. The van der Waals surface area contributed by atoms with Gasteiger partial charge in [0.15, 0.2) is 0 Å². The Morgan fingerprint density at radius 2 is 2.00 bits per heavy atom. The predicted molar refractivity (Wildman–Crippen MR) is 100 cm³/mol. The fraction of sp³-hybridized carbons (Fsp3) is 0.222. The van der Waals surface area contributed by atoms with E-state index >= 15 is 0 Å². The second kappa shape index (κ2) is 7.02. The van der Waals surface area contributed by atoms with E-state index in [2.05, 4.69) is 9.97 Å². The number of thiophene rings is 1. The van der Waals surface area contributed by atoms with Crippen LogP contribution in [0.25, 0.3) is 0 Å². The molecule has 1 aromatic carbocycles. The summed E-state index contributed by atoms with van der Waals surface area (Å²) in [5, 5.41) is 22.5. The number of nitrogens with zero attached hydrogens (tertiary/aromatic N) is 2. The summed E-state index contributed by atoms with van der Waals surface area (Å²) in [5.41, 5.74) is 0.588. The summed E-state index contributed by atoms with van der Waals surface area (Å²) in [5.74, 6) is 0. The molecule has 0 aliphatic rings. The van der Waals surface area contributed by atoms with Gasteiger partial charge in [-0.25, -0.2) is 9.97 Å². The highest BCUT2D eigenvalue weighted by atomic mass is 35.5. The monoisotopic (exact) mass is 394 g/mol. The van der Waals surface area contributed by atoms with Crippen LogP contribution in [0.2, 0.25) is 10.2 Å². The van der Waals surface area contributed by atoms with Crippen LogP contribution < -0.4 is 0 Å². The van der Waals surface area contributed by atoms with E-state index in [0.717, 1.165) is 4.88 Å². The molecular weight excluding hydrogens is 379 g/mol. The first kappa shape index (κ1) is 18.3. The van der Waals surface area contributed by atoms with Crippen LogP contribution in [-0.2, 0) is 5.60 Å². The summed E-state index contributed by atoms with van der Waals surface area (Å²) >= 11 is 13.5. The van der Waals surface area contributed by atoms with Crippen LogP contribution in [0.5, 0.6) is 0 Å². The molecule has 2 heterocycles. The SMILES string of the molecule is Cc1sc([C@@H](O)c2cncnc2Cl)cc1[C@](C)(O)c1cccc(Cl)c1. The van der Waals surface area contributed by atoms with Gasteiger partial charge < -0.3 is 10.2 Å². The number of hydrogen-bond donors (Lipinski definition) is 2.